The molecule has 6 atom stereocenters. The predicted octanol–water partition coefficient (Wildman–Crippen LogP) is -1.28. The van der Waals surface area contributed by atoms with Crippen LogP contribution in [0.5, 0.6) is 5.75 Å². The van der Waals surface area contributed by atoms with E-state index in [0.717, 1.165) is 0 Å². The third kappa shape index (κ3) is 16.4. The van der Waals surface area contributed by atoms with E-state index in [1.54, 1.807) is 13.8 Å². The number of carbonyl (C=O) groups is 7. The summed E-state index contributed by atoms with van der Waals surface area (Å²) >= 11 is 0. The molecule has 1 aromatic carbocycles. The third-order valence-electron chi connectivity index (χ3n) is 8.87. The lowest BCUT2D eigenvalue weighted by Gasteiger charge is -2.28. The minimum absolute atomic E-state index is 0.0603. The number of rotatable bonds is 25. The summed E-state index contributed by atoms with van der Waals surface area (Å²) in [7, 11) is 0. The summed E-state index contributed by atoms with van der Waals surface area (Å²) in [6, 6.07) is -1.69. The molecule has 0 aliphatic heterocycles. The number of amides is 5. The van der Waals surface area contributed by atoms with Crippen molar-refractivity contribution in [3.8, 4) is 5.75 Å². The summed E-state index contributed by atoms with van der Waals surface area (Å²) < 4.78 is 0. The highest BCUT2D eigenvalue weighted by molar-refractivity contribution is 5.96. The number of benzene rings is 1. The standard InChI is InChI=1S/C37H57N9O10/c1-20(2)15-27(44-32(50)25(7-5-6-14-38)42-36(54)31(39)21(3)4)33(51)46-29(17-23-18-40-19-41-23)35(53)45-28(16-22-8-10-24(47)11-9-22)34(52)43-26(37(55)56)12-13-30(48)49/h8-11,18-21,25-29,31,47H,5-7,12-17,38-39H2,1-4H3,(H,40,41)(H,42,54)(H,43,52)(H,44,50)(H,45,53)(H,46,51)(H,48,49)(H,55,56)/p+1/t25-,26-,27-,28-,29-,31-/m0/s1. The Morgan fingerprint density at radius 3 is 1.79 bits per heavy atom. The van der Waals surface area contributed by atoms with E-state index in [-0.39, 0.29) is 43.3 Å². The van der Waals surface area contributed by atoms with Gasteiger partial charge in [0.1, 0.15) is 36.0 Å². The maximum absolute atomic E-state index is 14.0. The van der Waals surface area contributed by atoms with Crippen LogP contribution in [0.1, 0.15) is 77.5 Å². The number of phenolic OH excluding ortho intramolecular Hbond substituents is 1. The highest BCUT2D eigenvalue weighted by Crippen LogP contribution is 2.14. The van der Waals surface area contributed by atoms with Crippen molar-refractivity contribution in [1.82, 2.24) is 36.6 Å². The first-order chi connectivity index (χ1) is 26.4. The average molecular weight is 789 g/mol. The Labute approximate surface area is 325 Å². The van der Waals surface area contributed by atoms with Crippen molar-refractivity contribution < 1.29 is 54.6 Å². The Morgan fingerprint density at radius 1 is 0.732 bits per heavy atom. The molecule has 19 heteroatoms. The van der Waals surface area contributed by atoms with Gasteiger partial charge >= 0.3 is 11.9 Å². The second kappa shape index (κ2) is 23.4. The van der Waals surface area contributed by atoms with Gasteiger partial charge in [0, 0.05) is 31.2 Å². The van der Waals surface area contributed by atoms with Crippen molar-refractivity contribution in [1.29, 1.82) is 0 Å². The second-order valence-electron chi connectivity index (χ2n) is 14.5. The molecule has 1 aromatic heterocycles. The molecule has 14 N–H and O–H groups in total. The molecule has 56 heavy (non-hydrogen) atoms. The Morgan fingerprint density at radius 2 is 1.27 bits per heavy atom. The number of hydrogen-bond acceptors (Lipinski definition) is 10. The van der Waals surface area contributed by atoms with Crippen LogP contribution in [-0.2, 0) is 46.4 Å². The molecule has 2 aromatic rings. The Kier molecular flexibility index (Phi) is 19.5. The quantitative estimate of drug-likeness (QED) is 0.0524. The van der Waals surface area contributed by atoms with E-state index in [4.69, 9.17) is 10.8 Å². The summed E-state index contributed by atoms with van der Waals surface area (Å²) in [6.07, 6.45) is 3.19. The summed E-state index contributed by atoms with van der Waals surface area (Å²) in [5, 5.41) is 41.5. The SMILES string of the molecule is CC(C)C[C@H](NC(=O)[C@H](CCCC[NH3+])NC(=O)[C@@H](N)C(C)C)C(=O)N[C@@H](Cc1cnc[nH]1)C(=O)N[C@@H](Cc1ccc(O)cc1)C(=O)N[C@@H](CCC(=O)O)C(=O)O. The number of nitrogens with two attached hydrogens (primary N) is 1. The van der Waals surface area contributed by atoms with Crippen molar-refractivity contribution >= 4 is 41.5 Å². The van der Waals surface area contributed by atoms with Gasteiger partial charge in [0.25, 0.3) is 0 Å². The molecule has 310 valence electrons. The minimum Gasteiger partial charge on any atom is -0.508 e. The van der Waals surface area contributed by atoms with Crippen molar-refractivity contribution in [3.05, 3.63) is 48.0 Å². The molecular formula is C37H58N9O10+. The normalized spacial score (nSPS) is 14.4. The van der Waals surface area contributed by atoms with Crippen molar-refractivity contribution in [2.24, 2.45) is 17.6 Å². The van der Waals surface area contributed by atoms with Gasteiger partial charge in [-0.15, -0.1) is 0 Å². The fourth-order valence-electron chi connectivity index (χ4n) is 5.58. The molecule has 5 amide bonds. The number of carboxylic acids is 2. The number of aromatic nitrogens is 2. The number of nitrogens with one attached hydrogen (secondary N) is 6. The molecule has 0 radical (unpaired) electrons. The van der Waals surface area contributed by atoms with Gasteiger partial charge in [-0.2, -0.15) is 0 Å². The molecular weight excluding hydrogens is 730 g/mol. The van der Waals surface area contributed by atoms with Crippen molar-refractivity contribution in [3.63, 3.8) is 0 Å². The van der Waals surface area contributed by atoms with Crippen LogP contribution in [0.25, 0.3) is 0 Å². The molecule has 0 spiro atoms. The average Bonchev–Trinajstić information content (AvgIpc) is 3.65. The van der Waals surface area contributed by atoms with Gasteiger partial charge in [0.05, 0.1) is 18.9 Å². The molecule has 2 rings (SSSR count). The van der Waals surface area contributed by atoms with Crippen LogP contribution in [0, 0.1) is 11.8 Å². The van der Waals surface area contributed by atoms with E-state index in [1.165, 1.54) is 36.8 Å². The van der Waals surface area contributed by atoms with E-state index in [0.29, 0.717) is 30.6 Å². The van der Waals surface area contributed by atoms with Crippen LogP contribution in [-0.4, -0.2) is 110 Å². The molecule has 0 aliphatic rings. The number of nitrogens with zero attached hydrogens (tertiary/aromatic N) is 1. The van der Waals surface area contributed by atoms with E-state index >= 15 is 0 Å². The largest absolute Gasteiger partial charge is 0.508 e. The lowest BCUT2D eigenvalue weighted by atomic mass is 10.00. The van der Waals surface area contributed by atoms with E-state index in [9.17, 15) is 43.8 Å². The molecule has 0 aliphatic carbocycles. The number of phenols is 1. The number of quaternary nitrogens is 1. The number of carboxylic acid groups (broad SMARTS) is 2. The lowest BCUT2D eigenvalue weighted by molar-refractivity contribution is -0.368. The summed E-state index contributed by atoms with van der Waals surface area (Å²) in [5.74, 6) is -6.77. The van der Waals surface area contributed by atoms with Crippen LogP contribution in [0.2, 0.25) is 0 Å². The zero-order chi connectivity index (χ0) is 41.9. The van der Waals surface area contributed by atoms with Crippen LogP contribution in [0.4, 0.5) is 0 Å². The van der Waals surface area contributed by atoms with Crippen LogP contribution in [0.3, 0.4) is 0 Å². The number of unbranched alkanes of at least 4 members (excludes halogenated alkanes) is 1. The van der Waals surface area contributed by atoms with Gasteiger partial charge < -0.3 is 58.4 Å². The first-order valence-corrected chi connectivity index (χ1v) is 18.7. The van der Waals surface area contributed by atoms with Crippen molar-refractivity contribution in [2.45, 2.75) is 115 Å². The number of aromatic hydroxyl groups is 1. The number of carbonyl (C=O) groups excluding carboxylic acids is 5. The van der Waals surface area contributed by atoms with Gasteiger partial charge in [-0.25, -0.2) is 9.78 Å². The second-order valence-corrected chi connectivity index (χ2v) is 14.5. The summed E-state index contributed by atoms with van der Waals surface area (Å²) in [5.41, 5.74) is 10.8. The first-order valence-electron chi connectivity index (χ1n) is 18.7. The van der Waals surface area contributed by atoms with Crippen LogP contribution in [0.15, 0.2) is 36.8 Å². The maximum atomic E-state index is 14.0. The van der Waals surface area contributed by atoms with Gasteiger partial charge in [0.15, 0.2) is 0 Å². The molecule has 1 heterocycles. The van der Waals surface area contributed by atoms with E-state index in [1.807, 2.05) is 13.8 Å². The van der Waals surface area contributed by atoms with Gasteiger partial charge in [-0.1, -0.05) is 39.8 Å². The van der Waals surface area contributed by atoms with Gasteiger partial charge in [0.2, 0.25) is 29.5 Å². The van der Waals surface area contributed by atoms with E-state index < -0.39 is 90.6 Å². The minimum atomic E-state index is -1.59. The van der Waals surface area contributed by atoms with Gasteiger partial charge in [-0.3, -0.25) is 28.8 Å². The number of aliphatic carboxylic acids is 2. The fourth-order valence-corrected chi connectivity index (χ4v) is 5.58. The first kappa shape index (κ1) is 46.6. The number of hydrogen-bond donors (Lipinski definition) is 11. The fraction of sp³-hybridized carbons (Fsp3) is 0.568. The summed E-state index contributed by atoms with van der Waals surface area (Å²) in [4.78, 5) is 98.0. The Balaban J connectivity index is 2.41. The number of imidazole rings is 1. The smallest absolute Gasteiger partial charge is 0.326 e. The van der Waals surface area contributed by atoms with Crippen LogP contribution < -0.4 is 38.1 Å². The number of H-pyrrole nitrogens is 1. The Hall–Kier alpha value is -5.56. The van der Waals surface area contributed by atoms with Gasteiger partial charge in [-0.05, 0) is 61.6 Å². The topological polar surface area (TPSA) is 323 Å². The zero-order valence-electron chi connectivity index (χ0n) is 32.4. The predicted molar refractivity (Wildman–Crippen MR) is 202 cm³/mol. The van der Waals surface area contributed by atoms with Crippen molar-refractivity contribution in [2.75, 3.05) is 6.54 Å². The van der Waals surface area contributed by atoms with E-state index in [2.05, 4.69) is 42.3 Å². The molecule has 0 saturated heterocycles. The number of aromatic amines is 1. The molecule has 19 nitrogen and oxygen atoms in total. The summed E-state index contributed by atoms with van der Waals surface area (Å²) in [6.45, 7) is 7.85. The maximum Gasteiger partial charge on any atom is 0.326 e. The lowest BCUT2D eigenvalue weighted by Crippen LogP contribution is -2.60. The Bertz CT molecular complexity index is 1600. The third-order valence-corrected chi connectivity index (χ3v) is 8.87. The zero-order valence-corrected chi connectivity index (χ0v) is 32.4. The van der Waals surface area contributed by atoms with Crippen LogP contribution >= 0.6 is 0 Å². The molecule has 0 bridgehead atoms. The highest BCUT2D eigenvalue weighted by Gasteiger charge is 2.34. The highest BCUT2D eigenvalue weighted by atomic mass is 16.4. The monoisotopic (exact) mass is 788 g/mol. The molecule has 0 fully saturated rings. The molecule has 0 saturated carbocycles. The molecule has 0 unspecified atom stereocenters.